The number of nitrogens with zero attached hydrogens (tertiary/aromatic N) is 3. The zero-order chi connectivity index (χ0) is 18.5. The molecule has 0 radical (unpaired) electrons. The van der Waals surface area contributed by atoms with Crippen molar-refractivity contribution in [1.29, 1.82) is 0 Å². The van der Waals surface area contributed by atoms with Gasteiger partial charge in [-0.3, -0.25) is 9.48 Å². The number of pyridine rings is 1. The van der Waals surface area contributed by atoms with Gasteiger partial charge in [-0.05, 0) is 30.9 Å². The molecule has 0 aliphatic heterocycles. The minimum Gasteiger partial charge on any atom is -0.392 e. The van der Waals surface area contributed by atoms with Crippen LogP contribution in [0.15, 0.2) is 24.5 Å². The zero-order valence-electron chi connectivity index (χ0n) is 15.2. The molecule has 2 aromatic heterocycles. The maximum Gasteiger partial charge on any atom is 0.242 e. The van der Waals surface area contributed by atoms with E-state index in [-0.39, 0.29) is 18.4 Å². The molecular weight excluding hydrogens is 330 g/mol. The van der Waals surface area contributed by atoms with Crippen molar-refractivity contribution in [1.82, 2.24) is 14.8 Å². The molecule has 1 aliphatic rings. The van der Waals surface area contributed by atoms with E-state index in [9.17, 15) is 9.90 Å². The number of hydrogen-bond donors (Lipinski definition) is 3. The third-order valence-electron chi connectivity index (χ3n) is 5.18. The number of nitrogens with two attached hydrogens (primary N) is 1. The third kappa shape index (κ3) is 4.11. The van der Waals surface area contributed by atoms with Crippen LogP contribution in [-0.2, 0) is 18.4 Å². The van der Waals surface area contributed by atoms with Gasteiger partial charge < -0.3 is 16.2 Å². The van der Waals surface area contributed by atoms with E-state index in [4.69, 9.17) is 5.73 Å². The van der Waals surface area contributed by atoms with Gasteiger partial charge in [0.1, 0.15) is 5.82 Å². The molecule has 0 saturated heterocycles. The number of amides is 1. The number of aliphatic hydroxyl groups excluding tert-OH is 1. The molecule has 2 aromatic rings. The average Bonchev–Trinajstić information content (AvgIpc) is 2.85. The number of carbonyl (C=O) groups excluding carboxylic acids is 1. The Balaban J connectivity index is 1.67. The van der Waals surface area contributed by atoms with E-state index in [1.165, 1.54) is 12.8 Å². The molecule has 0 bridgehead atoms. The van der Waals surface area contributed by atoms with E-state index >= 15 is 0 Å². The summed E-state index contributed by atoms with van der Waals surface area (Å²) in [5.74, 6) is 0.558. The van der Waals surface area contributed by atoms with Gasteiger partial charge in [-0.15, -0.1) is 0 Å². The summed E-state index contributed by atoms with van der Waals surface area (Å²) in [7, 11) is 1.82. The van der Waals surface area contributed by atoms with Crippen molar-refractivity contribution in [2.75, 3.05) is 5.32 Å². The predicted octanol–water partition coefficient (Wildman–Crippen LogP) is 2.21. The zero-order valence-corrected chi connectivity index (χ0v) is 15.2. The highest BCUT2D eigenvalue weighted by Crippen LogP contribution is 2.26. The Morgan fingerprint density at radius 2 is 2.04 bits per heavy atom. The Morgan fingerprint density at radius 1 is 1.31 bits per heavy atom. The Morgan fingerprint density at radius 3 is 2.65 bits per heavy atom. The molecule has 3 rings (SSSR count). The molecule has 7 nitrogen and oxygen atoms in total. The van der Waals surface area contributed by atoms with Crippen molar-refractivity contribution in [2.45, 2.75) is 51.2 Å². The maximum absolute atomic E-state index is 12.5. The quantitative estimate of drug-likeness (QED) is 0.711. The first-order valence-corrected chi connectivity index (χ1v) is 9.24. The highest BCUT2D eigenvalue weighted by atomic mass is 16.3. The number of aromatic nitrogens is 3. The van der Waals surface area contributed by atoms with Gasteiger partial charge in [0.05, 0.1) is 24.5 Å². The van der Waals surface area contributed by atoms with E-state index in [1.807, 2.05) is 13.1 Å². The number of anilines is 1. The number of carbonyl (C=O) groups is 1. The molecule has 4 N–H and O–H groups in total. The van der Waals surface area contributed by atoms with Gasteiger partial charge in [-0.2, -0.15) is 5.10 Å². The summed E-state index contributed by atoms with van der Waals surface area (Å²) < 4.78 is 1.70. The summed E-state index contributed by atoms with van der Waals surface area (Å²) >= 11 is 0. The standard InChI is InChI=1S/C19H27N5O2/c1-24-18(15(12-25)11-22-24)14-8-9-16(21-10-14)23-19(26)17(20)13-6-4-2-3-5-7-13/h8-11,13,17,25H,2-7,12,20H2,1H3,(H,21,23,26)/t17-/m0/s1. The van der Waals surface area contributed by atoms with Gasteiger partial charge in [-0.1, -0.05) is 25.7 Å². The van der Waals surface area contributed by atoms with Crippen LogP contribution in [0.1, 0.15) is 44.1 Å². The molecule has 1 saturated carbocycles. The van der Waals surface area contributed by atoms with E-state index < -0.39 is 6.04 Å². The molecule has 0 aromatic carbocycles. The average molecular weight is 357 g/mol. The summed E-state index contributed by atoms with van der Waals surface area (Å²) in [5, 5.41) is 16.4. The second-order valence-electron chi connectivity index (χ2n) is 7.00. The molecule has 1 atom stereocenters. The fraction of sp³-hybridized carbons (Fsp3) is 0.526. The number of rotatable bonds is 5. The molecule has 1 aliphatic carbocycles. The molecule has 0 spiro atoms. The van der Waals surface area contributed by atoms with Crippen LogP contribution in [0.3, 0.4) is 0 Å². The summed E-state index contributed by atoms with van der Waals surface area (Å²) in [6, 6.07) is 3.12. The summed E-state index contributed by atoms with van der Waals surface area (Å²) in [4.78, 5) is 16.8. The van der Waals surface area contributed by atoms with Gasteiger partial charge in [-0.25, -0.2) is 4.98 Å². The summed E-state index contributed by atoms with van der Waals surface area (Å²) in [5.41, 5.74) is 8.58. The van der Waals surface area contributed by atoms with Crippen LogP contribution in [0, 0.1) is 5.92 Å². The molecule has 1 amide bonds. The van der Waals surface area contributed by atoms with E-state index in [0.717, 1.165) is 42.5 Å². The lowest BCUT2D eigenvalue weighted by Crippen LogP contribution is -2.42. The second kappa shape index (κ2) is 8.42. The van der Waals surface area contributed by atoms with Gasteiger partial charge in [0.15, 0.2) is 0 Å². The fourth-order valence-electron chi connectivity index (χ4n) is 3.67. The van der Waals surface area contributed by atoms with Crippen LogP contribution in [0.5, 0.6) is 0 Å². The Labute approximate surface area is 153 Å². The van der Waals surface area contributed by atoms with E-state index in [2.05, 4.69) is 15.4 Å². The first kappa shape index (κ1) is 18.5. The summed E-state index contributed by atoms with van der Waals surface area (Å²) in [6.45, 7) is -0.0854. The van der Waals surface area contributed by atoms with Crippen LogP contribution in [0.2, 0.25) is 0 Å². The lowest BCUT2D eigenvalue weighted by molar-refractivity contribution is -0.118. The van der Waals surface area contributed by atoms with Crippen LogP contribution in [-0.4, -0.2) is 31.8 Å². The molecule has 140 valence electrons. The first-order valence-electron chi connectivity index (χ1n) is 9.24. The predicted molar refractivity (Wildman–Crippen MR) is 100 cm³/mol. The van der Waals surface area contributed by atoms with Crippen LogP contribution >= 0.6 is 0 Å². The van der Waals surface area contributed by atoms with Crippen molar-refractivity contribution < 1.29 is 9.90 Å². The topological polar surface area (TPSA) is 106 Å². The van der Waals surface area contributed by atoms with Crippen molar-refractivity contribution in [3.05, 3.63) is 30.1 Å². The third-order valence-corrected chi connectivity index (χ3v) is 5.18. The fourth-order valence-corrected chi connectivity index (χ4v) is 3.67. The monoisotopic (exact) mass is 357 g/mol. The highest BCUT2D eigenvalue weighted by Gasteiger charge is 2.25. The molecule has 0 unspecified atom stereocenters. The van der Waals surface area contributed by atoms with Crippen molar-refractivity contribution >= 4 is 11.7 Å². The lowest BCUT2D eigenvalue weighted by atomic mass is 9.92. The van der Waals surface area contributed by atoms with Gasteiger partial charge in [0, 0.05) is 24.4 Å². The number of aryl methyl sites for hydroxylation is 1. The normalized spacial score (nSPS) is 16.9. The minimum absolute atomic E-state index is 0.0854. The van der Waals surface area contributed by atoms with Gasteiger partial charge >= 0.3 is 0 Å². The van der Waals surface area contributed by atoms with E-state index in [1.54, 1.807) is 23.1 Å². The minimum atomic E-state index is -0.493. The van der Waals surface area contributed by atoms with Crippen LogP contribution in [0.25, 0.3) is 11.3 Å². The van der Waals surface area contributed by atoms with Crippen LogP contribution in [0.4, 0.5) is 5.82 Å². The summed E-state index contributed by atoms with van der Waals surface area (Å²) in [6.07, 6.45) is 10.1. The van der Waals surface area contributed by atoms with Crippen molar-refractivity contribution in [3.63, 3.8) is 0 Å². The van der Waals surface area contributed by atoms with Crippen LogP contribution < -0.4 is 11.1 Å². The maximum atomic E-state index is 12.5. The number of nitrogens with one attached hydrogen (secondary N) is 1. The molecule has 2 heterocycles. The molecule has 7 heteroatoms. The Bertz CT molecular complexity index is 733. The van der Waals surface area contributed by atoms with E-state index in [0.29, 0.717) is 5.82 Å². The SMILES string of the molecule is Cn1ncc(CO)c1-c1ccc(NC(=O)[C@@H](N)C2CCCCCC2)nc1. The van der Waals surface area contributed by atoms with Gasteiger partial charge in [0.25, 0.3) is 0 Å². The Hall–Kier alpha value is -2.25. The molecule has 26 heavy (non-hydrogen) atoms. The highest BCUT2D eigenvalue weighted by molar-refractivity contribution is 5.94. The van der Waals surface area contributed by atoms with Crippen molar-refractivity contribution in [3.8, 4) is 11.3 Å². The smallest absolute Gasteiger partial charge is 0.242 e. The number of hydrogen-bond acceptors (Lipinski definition) is 5. The Kier molecular flexibility index (Phi) is 6.00. The van der Waals surface area contributed by atoms with Gasteiger partial charge in [0.2, 0.25) is 5.91 Å². The second-order valence-corrected chi connectivity index (χ2v) is 7.00. The first-order chi connectivity index (χ1) is 12.6. The lowest BCUT2D eigenvalue weighted by Gasteiger charge is -2.21. The number of aliphatic hydroxyl groups is 1. The van der Waals surface area contributed by atoms with Crippen molar-refractivity contribution in [2.24, 2.45) is 18.7 Å². The largest absolute Gasteiger partial charge is 0.392 e. The molecular formula is C19H27N5O2. The molecule has 1 fully saturated rings.